The summed E-state index contributed by atoms with van der Waals surface area (Å²) in [5.41, 5.74) is 4.15. The first-order valence-electron chi connectivity index (χ1n) is 12.0. The molecular weight excluding hydrogens is 394 g/mol. The van der Waals surface area contributed by atoms with Gasteiger partial charge in [0, 0.05) is 25.1 Å². The lowest BCUT2D eigenvalue weighted by molar-refractivity contribution is 0.0968. The Labute approximate surface area is 192 Å². The first-order chi connectivity index (χ1) is 15.8. The maximum Gasteiger partial charge on any atom is 0.119 e. The van der Waals surface area contributed by atoms with Gasteiger partial charge in [-0.25, -0.2) is 0 Å². The molecule has 3 heteroatoms. The molecule has 0 bridgehead atoms. The van der Waals surface area contributed by atoms with Crippen LogP contribution < -0.4 is 4.74 Å². The van der Waals surface area contributed by atoms with Crippen molar-refractivity contribution in [3.63, 3.8) is 0 Å². The van der Waals surface area contributed by atoms with Crippen molar-refractivity contribution in [2.24, 2.45) is 5.92 Å². The smallest absolute Gasteiger partial charge is 0.119 e. The van der Waals surface area contributed by atoms with E-state index in [4.69, 9.17) is 4.74 Å². The maximum absolute atomic E-state index is 9.44. The van der Waals surface area contributed by atoms with Gasteiger partial charge >= 0.3 is 0 Å². The third-order valence-electron chi connectivity index (χ3n) is 6.72. The van der Waals surface area contributed by atoms with Crippen LogP contribution in [-0.4, -0.2) is 36.3 Å². The summed E-state index contributed by atoms with van der Waals surface area (Å²) in [5.74, 6) is 1.88. The molecule has 3 aromatic carbocycles. The lowest BCUT2D eigenvalue weighted by Crippen LogP contribution is -2.39. The maximum atomic E-state index is 9.44. The normalized spacial score (nSPS) is 19.2. The van der Waals surface area contributed by atoms with Gasteiger partial charge in [0.1, 0.15) is 5.75 Å². The Morgan fingerprint density at radius 3 is 2.09 bits per heavy atom. The first kappa shape index (κ1) is 22.6. The zero-order valence-electron chi connectivity index (χ0n) is 19.1. The van der Waals surface area contributed by atoms with Crippen molar-refractivity contribution < 1.29 is 9.84 Å². The highest BCUT2D eigenvalue weighted by Crippen LogP contribution is 2.44. The molecule has 0 radical (unpaired) electrons. The van der Waals surface area contributed by atoms with Gasteiger partial charge in [-0.2, -0.15) is 0 Å². The Hall–Kier alpha value is -2.62. The summed E-state index contributed by atoms with van der Waals surface area (Å²) in [6.45, 7) is 4.93. The molecule has 3 aromatic rings. The highest BCUT2D eigenvalue weighted by Gasteiger charge is 2.34. The van der Waals surface area contributed by atoms with Gasteiger partial charge in [0.2, 0.25) is 0 Å². The van der Waals surface area contributed by atoms with Crippen LogP contribution in [0, 0.1) is 5.92 Å². The Kier molecular flexibility index (Phi) is 7.97. The van der Waals surface area contributed by atoms with E-state index in [9.17, 15) is 5.11 Å². The standard InChI is InChI=1S/C29H35NO2/c1-2-32-27-16-14-23(15-17-27)28-22-26(18-20-30(28)19-9-21-31)29(24-10-5-3-6-11-24)25-12-7-4-8-13-25/h3-8,10-17,26,28-29,31H,2,9,18-22H2,1H3. The van der Waals surface area contributed by atoms with E-state index in [-0.39, 0.29) is 6.61 Å². The predicted octanol–water partition coefficient (Wildman–Crippen LogP) is 6.05. The zero-order valence-corrected chi connectivity index (χ0v) is 19.1. The summed E-state index contributed by atoms with van der Waals surface area (Å²) in [4.78, 5) is 2.56. The number of nitrogens with zero attached hydrogens (tertiary/aromatic N) is 1. The number of benzene rings is 3. The quantitative estimate of drug-likeness (QED) is 0.449. The summed E-state index contributed by atoms with van der Waals surface area (Å²) >= 11 is 0. The van der Waals surface area contributed by atoms with Gasteiger partial charge < -0.3 is 9.84 Å². The third-order valence-corrected chi connectivity index (χ3v) is 6.72. The van der Waals surface area contributed by atoms with Gasteiger partial charge in [0.05, 0.1) is 6.61 Å². The van der Waals surface area contributed by atoms with Crippen LogP contribution in [0.1, 0.15) is 54.8 Å². The van der Waals surface area contributed by atoms with Crippen molar-refractivity contribution in [1.82, 2.24) is 4.90 Å². The minimum atomic E-state index is 0.243. The van der Waals surface area contributed by atoms with E-state index >= 15 is 0 Å². The predicted molar refractivity (Wildman–Crippen MR) is 131 cm³/mol. The Balaban J connectivity index is 1.64. The zero-order chi connectivity index (χ0) is 22.2. The molecule has 4 rings (SSSR count). The SMILES string of the molecule is CCOc1ccc(C2CC(C(c3ccccc3)c3ccccc3)CCN2CCCO)cc1. The molecule has 1 saturated heterocycles. The van der Waals surface area contributed by atoms with Gasteiger partial charge in [-0.15, -0.1) is 0 Å². The first-order valence-corrected chi connectivity index (χ1v) is 12.0. The summed E-state index contributed by atoms with van der Waals surface area (Å²) in [7, 11) is 0. The molecule has 0 aliphatic carbocycles. The second-order valence-corrected chi connectivity index (χ2v) is 8.71. The average Bonchev–Trinajstić information content (AvgIpc) is 2.85. The van der Waals surface area contributed by atoms with Crippen LogP contribution in [0.5, 0.6) is 5.75 Å². The molecule has 2 unspecified atom stereocenters. The van der Waals surface area contributed by atoms with Crippen molar-refractivity contribution in [2.75, 3.05) is 26.3 Å². The fourth-order valence-corrected chi connectivity index (χ4v) is 5.24. The second-order valence-electron chi connectivity index (χ2n) is 8.71. The average molecular weight is 430 g/mol. The molecule has 0 amide bonds. The van der Waals surface area contributed by atoms with Crippen LogP contribution in [0.4, 0.5) is 0 Å². The Bertz CT molecular complexity index is 887. The number of likely N-dealkylation sites (tertiary alicyclic amines) is 1. The molecule has 1 fully saturated rings. The molecule has 1 heterocycles. The molecule has 2 atom stereocenters. The van der Waals surface area contributed by atoms with Gasteiger partial charge in [-0.1, -0.05) is 72.8 Å². The van der Waals surface area contributed by atoms with Crippen LogP contribution in [0.15, 0.2) is 84.9 Å². The van der Waals surface area contributed by atoms with E-state index < -0.39 is 0 Å². The molecular formula is C29H35NO2. The van der Waals surface area contributed by atoms with Gasteiger partial charge in [-0.05, 0) is 67.5 Å². The van der Waals surface area contributed by atoms with E-state index in [0.29, 0.717) is 24.5 Å². The topological polar surface area (TPSA) is 32.7 Å². The van der Waals surface area contributed by atoms with E-state index in [2.05, 4.69) is 89.8 Å². The molecule has 0 spiro atoms. The van der Waals surface area contributed by atoms with E-state index in [1.807, 2.05) is 6.92 Å². The van der Waals surface area contributed by atoms with Gasteiger partial charge in [0.15, 0.2) is 0 Å². The summed E-state index contributed by atoms with van der Waals surface area (Å²) in [6.07, 6.45) is 3.08. The van der Waals surface area contributed by atoms with Crippen LogP contribution >= 0.6 is 0 Å². The molecule has 168 valence electrons. The second kappa shape index (κ2) is 11.3. The minimum Gasteiger partial charge on any atom is -0.494 e. The number of hydrogen-bond donors (Lipinski definition) is 1. The lowest BCUT2D eigenvalue weighted by Gasteiger charge is -2.43. The number of piperidine rings is 1. The fourth-order valence-electron chi connectivity index (χ4n) is 5.24. The van der Waals surface area contributed by atoms with Crippen molar-refractivity contribution in [3.05, 3.63) is 102 Å². The highest BCUT2D eigenvalue weighted by atomic mass is 16.5. The lowest BCUT2D eigenvalue weighted by atomic mass is 9.73. The summed E-state index contributed by atoms with van der Waals surface area (Å²) < 4.78 is 5.67. The number of rotatable bonds is 9. The van der Waals surface area contributed by atoms with Crippen LogP contribution in [0.25, 0.3) is 0 Å². The molecule has 1 aliphatic rings. The monoisotopic (exact) mass is 429 g/mol. The molecule has 32 heavy (non-hydrogen) atoms. The number of aliphatic hydroxyl groups is 1. The van der Waals surface area contributed by atoms with Crippen molar-refractivity contribution >= 4 is 0 Å². The van der Waals surface area contributed by atoms with Crippen molar-refractivity contribution in [3.8, 4) is 5.75 Å². The van der Waals surface area contributed by atoms with Crippen LogP contribution in [0.3, 0.4) is 0 Å². The van der Waals surface area contributed by atoms with Crippen molar-refractivity contribution in [1.29, 1.82) is 0 Å². The van der Waals surface area contributed by atoms with Gasteiger partial charge in [0.25, 0.3) is 0 Å². The van der Waals surface area contributed by atoms with E-state index in [1.165, 1.54) is 16.7 Å². The van der Waals surface area contributed by atoms with E-state index in [0.717, 1.165) is 38.1 Å². The van der Waals surface area contributed by atoms with Crippen molar-refractivity contribution in [2.45, 2.75) is 38.1 Å². The molecule has 0 saturated carbocycles. The van der Waals surface area contributed by atoms with Gasteiger partial charge in [-0.3, -0.25) is 4.90 Å². The number of aliphatic hydroxyl groups excluding tert-OH is 1. The molecule has 0 aromatic heterocycles. The number of hydrogen-bond acceptors (Lipinski definition) is 3. The fraction of sp³-hybridized carbons (Fsp3) is 0.379. The molecule has 1 N–H and O–H groups in total. The summed E-state index contributed by atoms with van der Waals surface area (Å²) in [6, 6.07) is 31.0. The Morgan fingerprint density at radius 1 is 0.906 bits per heavy atom. The largest absolute Gasteiger partial charge is 0.494 e. The van der Waals surface area contributed by atoms with Crippen LogP contribution in [-0.2, 0) is 0 Å². The van der Waals surface area contributed by atoms with E-state index in [1.54, 1.807) is 0 Å². The Morgan fingerprint density at radius 2 is 1.53 bits per heavy atom. The third kappa shape index (κ3) is 5.40. The number of ether oxygens (including phenoxy) is 1. The van der Waals surface area contributed by atoms with Crippen LogP contribution in [0.2, 0.25) is 0 Å². The molecule has 3 nitrogen and oxygen atoms in total. The minimum absolute atomic E-state index is 0.243. The highest BCUT2D eigenvalue weighted by molar-refractivity contribution is 5.35. The molecule has 1 aliphatic heterocycles. The summed E-state index contributed by atoms with van der Waals surface area (Å²) in [5, 5.41) is 9.44.